The summed E-state index contributed by atoms with van der Waals surface area (Å²) >= 11 is 0. The third-order valence-electron chi connectivity index (χ3n) is 4.22. The molecule has 2 unspecified atom stereocenters. The molecule has 8 nitrogen and oxygen atoms in total. The average Bonchev–Trinajstić information content (AvgIpc) is 2.48. The first kappa shape index (κ1) is 16.9. The highest BCUT2D eigenvalue weighted by Gasteiger charge is 2.30. The fraction of sp³-hybridized carbons (Fsp3) is 0.692. The van der Waals surface area contributed by atoms with Gasteiger partial charge in [-0.1, -0.05) is 12.8 Å². The summed E-state index contributed by atoms with van der Waals surface area (Å²) in [4.78, 5) is 23.3. The Labute approximate surface area is 129 Å². The van der Waals surface area contributed by atoms with E-state index in [9.17, 15) is 18.0 Å². The van der Waals surface area contributed by atoms with E-state index in [0.717, 1.165) is 34.6 Å². The quantitative estimate of drug-likeness (QED) is 0.725. The number of nitrogens with two attached hydrogens (primary N) is 1. The molecular formula is C13H22N4O4S. The molecule has 1 aliphatic carbocycles. The summed E-state index contributed by atoms with van der Waals surface area (Å²) < 4.78 is 29.5. The number of hydrogen-bond donors (Lipinski definition) is 2. The highest BCUT2D eigenvalue weighted by molar-refractivity contribution is 7.89. The van der Waals surface area contributed by atoms with Crippen LogP contribution in [0.25, 0.3) is 0 Å². The molecule has 2 rings (SSSR count). The van der Waals surface area contributed by atoms with E-state index >= 15 is 0 Å². The lowest BCUT2D eigenvalue weighted by Crippen LogP contribution is -2.47. The van der Waals surface area contributed by atoms with Crippen LogP contribution in [0.3, 0.4) is 0 Å². The molecule has 1 saturated carbocycles. The first-order valence-electron chi connectivity index (χ1n) is 7.27. The van der Waals surface area contributed by atoms with Crippen molar-refractivity contribution in [1.82, 2.24) is 13.9 Å². The van der Waals surface area contributed by atoms with E-state index in [4.69, 9.17) is 5.73 Å². The summed E-state index contributed by atoms with van der Waals surface area (Å²) in [5.41, 5.74) is 4.31. The Bertz CT molecular complexity index is 765. The summed E-state index contributed by atoms with van der Waals surface area (Å²) in [5, 5.41) is 0. The minimum absolute atomic E-state index is 0.0694. The molecule has 1 fully saturated rings. The minimum Gasteiger partial charge on any atom is -0.330 e. The molecule has 22 heavy (non-hydrogen) atoms. The van der Waals surface area contributed by atoms with Gasteiger partial charge in [0.1, 0.15) is 0 Å². The van der Waals surface area contributed by atoms with Gasteiger partial charge >= 0.3 is 5.69 Å². The van der Waals surface area contributed by atoms with Gasteiger partial charge in [-0.15, -0.1) is 0 Å². The summed E-state index contributed by atoms with van der Waals surface area (Å²) in [5.74, 6) is 0.0694. The van der Waals surface area contributed by atoms with Crippen LogP contribution in [0.1, 0.15) is 25.7 Å². The topological polar surface area (TPSA) is 116 Å². The standard InChI is InChI=1S/C13H22N4O4S/c1-16-8-11(12(18)17(2)13(16)19)22(20,21)15-10-6-4-3-5-9(10)7-14/h8-10,15H,3-7,14H2,1-2H3. The molecule has 0 spiro atoms. The van der Waals surface area contributed by atoms with Crippen LogP contribution >= 0.6 is 0 Å². The summed E-state index contributed by atoms with van der Waals surface area (Å²) in [7, 11) is -1.33. The Morgan fingerprint density at radius 1 is 1.27 bits per heavy atom. The highest BCUT2D eigenvalue weighted by atomic mass is 32.2. The Morgan fingerprint density at radius 2 is 1.91 bits per heavy atom. The largest absolute Gasteiger partial charge is 0.330 e. The van der Waals surface area contributed by atoms with Gasteiger partial charge in [0.15, 0.2) is 4.90 Å². The number of nitrogens with zero attached hydrogens (tertiary/aromatic N) is 2. The maximum absolute atomic E-state index is 12.5. The lowest BCUT2D eigenvalue weighted by molar-refractivity contribution is 0.296. The molecule has 0 saturated heterocycles. The normalized spacial score (nSPS) is 22.7. The monoisotopic (exact) mass is 330 g/mol. The molecule has 0 aliphatic heterocycles. The van der Waals surface area contributed by atoms with E-state index in [2.05, 4.69) is 4.72 Å². The number of nitrogens with one attached hydrogen (secondary N) is 1. The van der Waals surface area contributed by atoms with Crippen LogP contribution in [0.4, 0.5) is 0 Å². The lowest BCUT2D eigenvalue weighted by Gasteiger charge is -2.30. The van der Waals surface area contributed by atoms with E-state index in [0.29, 0.717) is 13.0 Å². The Kier molecular flexibility index (Phi) is 4.88. The van der Waals surface area contributed by atoms with Gasteiger partial charge in [-0.25, -0.2) is 17.9 Å². The second-order valence-electron chi connectivity index (χ2n) is 5.76. The second-order valence-corrected chi connectivity index (χ2v) is 7.44. The van der Waals surface area contributed by atoms with Crippen molar-refractivity contribution in [1.29, 1.82) is 0 Å². The van der Waals surface area contributed by atoms with E-state index in [1.54, 1.807) is 0 Å². The molecule has 0 amide bonds. The number of hydrogen-bond acceptors (Lipinski definition) is 5. The summed E-state index contributed by atoms with van der Waals surface area (Å²) in [6.07, 6.45) is 4.59. The van der Waals surface area contributed by atoms with E-state index in [-0.39, 0.29) is 12.0 Å². The molecule has 1 heterocycles. The molecule has 1 aliphatic rings. The lowest BCUT2D eigenvalue weighted by atomic mass is 9.85. The zero-order valence-corrected chi connectivity index (χ0v) is 13.6. The zero-order valence-electron chi connectivity index (χ0n) is 12.8. The molecule has 1 aromatic rings. The van der Waals surface area contributed by atoms with E-state index < -0.39 is 26.2 Å². The predicted molar refractivity (Wildman–Crippen MR) is 82.0 cm³/mol. The summed E-state index contributed by atoms with van der Waals surface area (Å²) in [6, 6.07) is -0.273. The fourth-order valence-electron chi connectivity index (χ4n) is 2.87. The number of sulfonamides is 1. The van der Waals surface area contributed by atoms with Crippen LogP contribution in [-0.2, 0) is 24.1 Å². The molecule has 0 radical (unpaired) electrons. The van der Waals surface area contributed by atoms with Crippen LogP contribution in [0.2, 0.25) is 0 Å². The first-order chi connectivity index (χ1) is 10.3. The van der Waals surface area contributed by atoms with Gasteiger partial charge in [0, 0.05) is 26.3 Å². The van der Waals surface area contributed by atoms with Crippen LogP contribution in [-0.4, -0.2) is 30.1 Å². The maximum Gasteiger partial charge on any atom is 0.330 e. The molecule has 0 bridgehead atoms. The van der Waals surface area contributed by atoms with Gasteiger partial charge in [-0.05, 0) is 25.3 Å². The van der Waals surface area contributed by atoms with Crippen molar-refractivity contribution in [3.8, 4) is 0 Å². The minimum atomic E-state index is -3.99. The predicted octanol–water partition coefficient (Wildman–Crippen LogP) is -1.12. The molecule has 1 aromatic heterocycles. The van der Waals surface area contributed by atoms with E-state index in [1.165, 1.54) is 14.1 Å². The van der Waals surface area contributed by atoms with E-state index in [1.807, 2.05) is 0 Å². The van der Waals surface area contributed by atoms with Crippen molar-refractivity contribution >= 4 is 10.0 Å². The van der Waals surface area contributed by atoms with Crippen molar-refractivity contribution < 1.29 is 8.42 Å². The van der Waals surface area contributed by atoms with Crippen molar-refractivity contribution in [2.45, 2.75) is 36.6 Å². The smallest absolute Gasteiger partial charge is 0.330 e. The van der Waals surface area contributed by atoms with Gasteiger partial charge in [-0.3, -0.25) is 9.36 Å². The number of aromatic nitrogens is 2. The third-order valence-corrected chi connectivity index (χ3v) is 5.69. The maximum atomic E-state index is 12.5. The first-order valence-corrected chi connectivity index (χ1v) is 8.75. The fourth-order valence-corrected chi connectivity index (χ4v) is 4.37. The van der Waals surface area contributed by atoms with Gasteiger partial charge in [0.05, 0.1) is 0 Å². The van der Waals surface area contributed by atoms with Crippen LogP contribution in [0.15, 0.2) is 20.7 Å². The SMILES string of the molecule is Cn1cc(S(=O)(=O)NC2CCCCC2CN)c(=O)n(C)c1=O. The zero-order chi connectivity index (χ0) is 16.5. The van der Waals surface area contributed by atoms with Crippen molar-refractivity contribution in [3.05, 3.63) is 27.0 Å². The molecule has 124 valence electrons. The van der Waals surface area contributed by atoms with Gasteiger partial charge < -0.3 is 10.3 Å². The highest BCUT2D eigenvalue weighted by Crippen LogP contribution is 2.24. The van der Waals surface area contributed by atoms with Crippen LogP contribution in [0, 0.1) is 5.92 Å². The van der Waals surface area contributed by atoms with Gasteiger partial charge in [0.2, 0.25) is 10.0 Å². The van der Waals surface area contributed by atoms with Crippen molar-refractivity contribution in [2.75, 3.05) is 6.54 Å². The Morgan fingerprint density at radius 3 is 2.55 bits per heavy atom. The van der Waals surface area contributed by atoms with Gasteiger partial charge in [-0.2, -0.15) is 0 Å². The number of rotatable bonds is 4. The van der Waals surface area contributed by atoms with Crippen molar-refractivity contribution in [2.24, 2.45) is 25.7 Å². The number of aryl methyl sites for hydroxylation is 1. The molecule has 3 N–H and O–H groups in total. The van der Waals surface area contributed by atoms with Crippen LogP contribution < -0.4 is 21.7 Å². The molecular weight excluding hydrogens is 308 g/mol. The molecule has 9 heteroatoms. The Hall–Kier alpha value is -1.45. The van der Waals surface area contributed by atoms with Crippen LogP contribution in [0.5, 0.6) is 0 Å². The van der Waals surface area contributed by atoms with Gasteiger partial charge in [0.25, 0.3) is 5.56 Å². The van der Waals surface area contributed by atoms with Crippen molar-refractivity contribution in [3.63, 3.8) is 0 Å². The second kappa shape index (κ2) is 6.35. The third kappa shape index (κ3) is 3.16. The molecule has 2 atom stereocenters. The summed E-state index contributed by atoms with van der Waals surface area (Å²) in [6.45, 7) is 0.401. The average molecular weight is 330 g/mol. The Balaban J connectivity index is 2.39. The molecule has 0 aromatic carbocycles.